The minimum absolute atomic E-state index is 0.296. The molecule has 2 heterocycles. The number of nitrogens with one attached hydrogen (secondary N) is 4. The molecule has 0 bridgehead atoms. The van der Waals surface area contributed by atoms with Crippen LogP contribution in [0, 0.1) is 0 Å². The van der Waals surface area contributed by atoms with Gasteiger partial charge < -0.3 is 19.4 Å². The van der Waals surface area contributed by atoms with Crippen molar-refractivity contribution in [3.8, 4) is 22.8 Å². The van der Waals surface area contributed by atoms with E-state index >= 15 is 0 Å². The van der Waals surface area contributed by atoms with Crippen LogP contribution in [0.15, 0.2) is 60.7 Å². The lowest BCUT2D eigenvalue weighted by atomic mass is 10.1. The molecule has 0 spiro atoms. The Morgan fingerprint density at radius 3 is 1.58 bits per heavy atom. The number of aromatic nitrogens is 4. The van der Waals surface area contributed by atoms with Crippen LogP contribution < -0.4 is 10.6 Å². The number of hydrogen-bond donors (Lipinski definition) is 4. The van der Waals surface area contributed by atoms with Crippen molar-refractivity contribution in [3.05, 3.63) is 60.7 Å². The van der Waals surface area contributed by atoms with E-state index in [-0.39, 0.29) is 0 Å². The highest BCUT2D eigenvalue weighted by Gasteiger charge is 2.15. The van der Waals surface area contributed by atoms with E-state index in [4.69, 9.17) is 19.4 Å². The second-order valence-electron chi connectivity index (χ2n) is 7.87. The Bertz CT molecular complexity index is 1450. The Balaban J connectivity index is 1.47. The van der Waals surface area contributed by atoms with Crippen molar-refractivity contribution in [3.63, 3.8) is 0 Å². The van der Waals surface area contributed by atoms with Gasteiger partial charge in [-0.25, -0.2) is 19.6 Å². The number of ether oxygens (including phenoxy) is 2. The summed E-state index contributed by atoms with van der Waals surface area (Å²) in [7, 11) is 0. The number of fused-ring (bicyclic) bond motifs is 2. The number of carbonyl (C=O) groups excluding carboxylic acids is 2. The number of imidazole rings is 2. The Hall–Kier alpha value is -4.86. The second-order valence-corrected chi connectivity index (χ2v) is 7.87. The van der Waals surface area contributed by atoms with Crippen LogP contribution >= 0.6 is 0 Å². The molecule has 0 aliphatic rings. The maximum atomic E-state index is 11.8. The third-order valence-electron chi connectivity index (χ3n) is 5.44. The average molecular weight is 485 g/mol. The first-order valence-electron chi connectivity index (χ1n) is 11.5. The van der Waals surface area contributed by atoms with Crippen LogP contribution in [-0.4, -0.2) is 45.3 Å². The number of benzene rings is 3. The maximum absolute atomic E-state index is 11.8. The number of aromatic amines is 2. The Morgan fingerprint density at radius 2 is 1.17 bits per heavy atom. The molecule has 2 amide bonds. The van der Waals surface area contributed by atoms with Gasteiger partial charge in [-0.2, -0.15) is 0 Å². The molecule has 0 aliphatic carbocycles. The van der Waals surface area contributed by atoms with E-state index in [2.05, 4.69) is 20.6 Å². The molecule has 2 aromatic heterocycles. The SMILES string of the molecule is CCOC(=O)Nc1ccc2nc(-c3ccccc3-c3nc4ccc(NC(=O)OCC)cc4[nH]3)[nH]c2c1. The predicted octanol–water partition coefficient (Wildman–Crippen LogP) is 5.91. The lowest BCUT2D eigenvalue weighted by Gasteiger charge is -2.05. The normalized spacial score (nSPS) is 10.9. The van der Waals surface area contributed by atoms with Crippen LogP contribution in [0.2, 0.25) is 0 Å². The predicted molar refractivity (Wildman–Crippen MR) is 138 cm³/mol. The molecule has 0 saturated heterocycles. The van der Waals surface area contributed by atoms with Gasteiger partial charge in [0.1, 0.15) is 11.6 Å². The molecule has 0 atom stereocenters. The summed E-state index contributed by atoms with van der Waals surface area (Å²) in [5.41, 5.74) is 5.99. The Morgan fingerprint density at radius 1 is 0.722 bits per heavy atom. The second kappa shape index (κ2) is 9.79. The van der Waals surface area contributed by atoms with Crippen LogP contribution in [0.5, 0.6) is 0 Å². The number of anilines is 2. The van der Waals surface area contributed by atoms with Crippen molar-refractivity contribution >= 4 is 45.6 Å². The summed E-state index contributed by atoms with van der Waals surface area (Å²) in [6.07, 6.45) is -1.01. The molecular formula is C26H24N6O4. The first-order chi connectivity index (χ1) is 17.5. The highest BCUT2D eigenvalue weighted by Crippen LogP contribution is 2.32. The first-order valence-corrected chi connectivity index (χ1v) is 11.5. The van der Waals surface area contributed by atoms with Gasteiger partial charge in [0.15, 0.2) is 0 Å². The lowest BCUT2D eigenvalue weighted by molar-refractivity contribution is 0.167. The van der Waals surface area contributed by atoms with Crippen molar-refractivity contribution in [1.29, 1.82) is 0 Å². The van der Waals surface area contributed by atoms with Gasteiger partial charge in [0.2, 0.25) is 0 Å². The summed E-state index contributed by atoms with van der Waals surface area (Å²) in [5, 5.41) is 5.40. The fourth-order valence-electron chi connectivity index (χ4n) is 3.90. The topological polar surface area (TPSA) is 134 Å². The molecule has 36 heavy (non-hydrogen) atoms. The van der Waals surface area contributed by atoms with Crippen LogP contribution in [0.4, 0.5) is 21.0 Å². The van der Waals surface area contributed by atoms with E-state index in [1.54, 1.807) is 26.0 Å². The number of carbonyl (C=O) groups is 2. The molecule has 4 N–H and O–H groups in total. The molecule has 0 aliphatic heterocycles. The molecule has 182 valence electrons. The fraction of sp³-hybridized carbons (Fsp3) is 0.154. The molecule has 0 fully saturated rings. The van der Waals surface area contributed by atoms with Gasteiger partial charge in [-0.05, 0) is 50.2 Å². The Labute approximate surface area is 206 Å². The molecule has 0 saturated carbocycles. The fourth-order valence-corrected chi connectivity index (χ4v) is 3.90. The zero-order chi connectivity index (χ0) is 25.1. The smallest absolute Gasteiger partial charge is 0.411 e. The summed E-state index contributed by atoms with van der Waals surface area (Å²) in [6, 6.07) is 18.6. The van der Waals surface area contributed by atoms with Gasteiger partial charge in [-0.15, -0.1) is 0 Å². The minimum Gasteiger partial charge on any atom is -0.450 e. The summed E-state index contributed by atoms with van der Waals surface area (Å²) in [5.74, 6) is 1.33. The molecule has 10 heteroatoms. The van der Waals surface area contributed by atoms with Gasteiger partial charge in [-0.3, -0.25) is 10.6 Å². The zero-order valence-corrected chi connectivity index (χ0v) is 19.7. The van der Waals surface area contributed by atoms with Crippen molar-refractivity contribution < 1.29 is 19.1 Å². The molecule has 0 radical (unpaired) electrons. The number of H-pyrrole nitrogens is 2. The van der Waals surface area contributed by atoms with Gasteiger partial charge in [0, 0.05) is 22.5 Å². The van der Waals surface area contributed by atoms with Crippen molar-refractivity contribution in [2.45, 2.75) is 13.8 Å². The third-order valence-corrected chi connectivity index (χ3v) is 5.44. The zero-order valence-electron chi connectivity index (χ0n) is 19.7. The monoisotopic (exact) mass is 484 g/mol. The van der Waals surface area contributed by atoms with E-state index in [1.165, 1.54) is 0 Å². The van der Waals surface area contributed by atoms with Crippen LogP contribution in [0.3, 0.4) is 0 Å². The quantitative estimate of drug-likeness (QED) is 0.237. The standard InChI is InChI=1S/C26H24N6O4/c1-3-35-25(33)27-15-9-11-19-21(13-15)31-23(29-19)17-7-5-6-8-18(17)24-30-20-12-10-16(14-22(20)32-24)28-26(34)36-4-2/h5-14H,3-4H2,1-2H3,(H,27,33)(H,28,34)(H,29,31)(H,30,32). The maximum Gasteiger partial charge on any atom is 0.411 e. The Kier molecular flexibility index (Phi) is 6.23. The first kappa shape index (κ1) is 22.9. The highest BCUT2D eigenvalue weighted by molar-refractivity contribution is 5.92. The van der Waals surface area contributed by atoms with Crippen LogP contribution in [0.1, 0.15) is 13.8 Å². The summed E-state index contributed by atoms with van der Waals surface area (Å²) in [4.78, 5) is 39.7. The highest BCUT2D eigenvalue weighted by atomic mass is 16.6. The third kappa shape index (κ3) is 4.69. The van der Waals surface area contributed by atoms with Gasteiger partial charge in [0.25, 0.3) is 0 Å². The number of rotatable bonds is 6. The number of amides is 2. The van der Waals surface area contributed by atoms with E-state index in [9.17, 15) is 9.59 Å². The molecule has 3 aromatic carbocycles. The van der Waals surface area contributed by atoms with Crippen LogP contribution in [-0.2, 0) is 9.47 Å². The minimum atomic E-state index is -0.507. The molecule has 5 rings (SSSR count). The molecule has 0 unspecified atom stereocenters. The number of hydrogen-bond acceptors (Lipinski definition) is 6. The average Bonchev–Trinajstić information content (AvgIpc) is 3.48. The summed E-state index contributed by atoms with van der Waals surface area (Å²) < 4.78 is 9.89. The molecule has 5 aromatic rings. The molecular weight excluding hydrogens is 460 g/mol. The van der Waals surface area contributed by atoms with Crippen molar-refractivity contribution in [1.82, 2.24) is 19.9 Å². The van der Waals surface area contributed by atoms with E-state index < -0.39 is 12.2 Å². The largest absolute Gasteiger partial charge is 0.450 e. The van der Waals surface area contributed by atoms with E-state index in [0.29, 0.717) is 36.2 Å². The number of nitrogens with zero attached hydrogens (tertiary/aromatic N) is 2. The van der Waals surface area contributed by atoms with Gasteiger partial charge >= 0.3 is 12.2 Å². The van der Waals surface area contributed by atoms with E-state index in [1.807, 2.05) is 48.5 Å². The summed E-state index contributed by atoms with van der Waals surface area (Å²) >= 11 is 0. The van der Waals surface area contributed by atoms with E-state index in [0.717, 1.165) is 33.2 Å². The van der Waals surface area contributed by atoms with Gasteiger partial charge in [0.05, 0.1) is 35.3 Å². The van der Waals surface area contributed by atoms with Crippen molar-refractivity contribution in [2.75, 3.05) is 23.8 Å². The summed E-state index contributed by atoms with van der Waals surface area (Å²) in [6.45, 7) is 4.10. The van der Waals surface area contributed by atoms with Crippen molar-refractivity contribution in [2.24, 2.45) is 0 Å². The van der Waals surface area contributed by atoms with Crippen LogP contribution in [0.25, 0.3) is 44.8 Å². The lowest BCUT2D eigenvalue weighted by Crippen LogP contribution is -2.13. The van der Waals surface area contributed by atoms with Gasteiger partial charge in [-0.1, -0.05) is 24.3 Å². The molecule has 10 nitrogen and oxygen atoms in total.